The van der Waals surface area contributed by atoms with Crippen molar-refractivity contribution in [1.82, 2.24) is 5.32 Å². The molecular formula is C19H20N2O3. The average molecular weight is 324 g/mol. The quantitative estimate of drug-likeness (QED) is 0.907. The molecule has 4 rings (SSSR count). The van der Waals surface area contributed by atoms with Gasteiger partial charge in [-0.3, -0.25) is 4.79 Å². The average Bonchev–Trinajstić information content (AvgIpc) is 3.14. The number of hydrogen-bond donors (Lipinski definition) is 2. The van der Waals surface area contributed by atoms with Crippen LogP contribution in [-0.2, 0) is 4.74 Å². The summed E-state index contributed by atoms with van der Waals surface area (Å²) in [7, 11) is 0. The molecule has 1 fully saturated rings. The minimum Gasteiger partial charge on any atom is -0.491 e. The molecule has 0 aromatic heterocycles. The number of carbonyl (C=O) groups excluding carboxylic acids is 1. The fourth-order valence-electron chi connectivity index (χ4n) is 3.10. The molecule has 2 atom stereocenters. The first-order chi connectivity index (χ1) is 11.8. The second kappa shape index (κ2) is 6.53. The molecule has 2 aliphatic heterocycles. The third kappa shape index (κ3) is 3.08. The minimum atomic E-state index is -0.236. The van der Waals surface area contributed by atoms with Crippen molar-refractivity contribution in [2.45, 2.75) is 25.1 Å². The van der Waals surface area contributed by atoms with E-state index in [9.17, 15) is 4.79 Å². The Morgan fingerprint density at radius 1 is 1.08 bits per heavy atom. The standard InChI is InChI=1S/C19H20N2O3/c22-19-16-5-1-2-6-17(16)20-18(21-19)13-7-9-14(10-8-13)24-12-15-4-3-11-23-15/h1-2,5-10,15,18,20H,3-4,11-12H2,(H,21,22)/t15-,18+/m1/s1. The fraction of sp³-hybridized carbons (Fsp3) is 0.316. The number of anilines is 1. The van der Waals surface area contributed by atoms with Crippen LogP contribution >= 0.6 is 0 Å². The van der Waals surface area contributed by atoms with Gasteiger partial charge >= 0.3 is 0 Å². The second-order valence-corrected chi connectivity index (χ2v) is 6.11. The van der Waals surface area contributed by atoms with Crippen molar-refractivity contribution >= 4 is 11.6 Å². The number of benzene rings is 2. The summed E-state index contributed by atoms with van der Waals surface area (Å²) in [6.07, 6.45) is 2.15. The van der Waals surface area contributed by atoms with Gasteiger partial charge in [0.1, 0.15) is 18.5 Å². The predicted molar refractivity (Wildman–Crippen MR) is 91.2 cm³/mol. The number of fused-ring (bicyclic) bond motifs is 1. The molecule has 24 heavy (non-hydrogen) atoms. The minimum absolute atomic E-state index is 0.0620. The van der Waals surface area contributed by atoms with Gasteiger partial charge < -0.3 is 20.1 Å². The number of amides is 1. The van der Waals surface area contributed by atoms with Gasteiger partial charge in [0.25, 0.3) is 5.91 Å². The summed E-state index contributed by atoms with van der Waals surface area (Å²) in [6.45, 7) is 1.42. The maximum absolute atomic E-state index is 12.2. The summed E-state index contributed by atoms with van der Waals surface area (Å²) < 4.78 is 11.3. The summed E-state index contributed by atoms with van der Waals surface area (Å²) in [6, 6.07) is 15.3. The van der Waals surface area contributed by atoms with Crippen molar-refractivity contribution in [2.75, 3.05) is 18.5 Å². The second-order valence-electron chi connectivity index (χ2n) is 6.11. The third-order valence-corrected chi connectivity index (χ3v) is 4.42. The molecule has 0 radical (unpaired) electrons. The monoisotopic (exact) mass is 324 g/mol. The van der Waals surface area contributed by atoms with Gasteiger partial charge in [-0.25, -0.2) is 0 Å². The van der Waals surface area contributed by atoms with E-state index in [-0.39, 0.29) is 18.2 Å². The highest BCUT2D eigenvalue weighted by atomic mass is 16.5. The van der Waals surface area contributed by atoms with E-state index in [1.807, 2.05) is 48.5 Å². The maximum Gasteiger partial charge on any atom is 0.255 e. The number of rotatable bonds is 4. The highest BCUT2D eigenvalue weighted by Gasteiger charge is 2.24. The Kier molecular flexibility index (Phi) is 4.09. The van der Waals surface area contributed by atoms with Crippen LogP contribution in [0.1, 0.15) is 34.9 Å². The lowest BCUT2D eigenvalue weighted by Crippen LogP contribution is -2.38. The molecule has 0 aliphatic carbocycles. The molecule has 0 saturated carbocycles. The van der Waals surface area contributed by atoms with Gasteiger partial charge in [0, 0.05) is 12.3 Å². The molecular weight excluding hydrogens is 304 g/mol. The van der Waals surface area contributed by atoms with Crippen molar-refractivity contribution < 1.29 is 14.3 Å². The van der Waals surface area contributed by atoms with Crippen LogP contribution in [0.2, 0.25) is 0 Å². The first-order valence-corrected chi connectivity index (χ1v) is 8.30. The van der Waals surface area contributed by atoms with E-state index in [1.165, 1.54) is 0 Å². The van der Waals surface area contributed by atoms with E-state index < -0.39 is 0 Å². The van der Waals surface area contributed by atoms with Crippen LogP contribution in [0.25, 0.3) is 0 Å². The summed E-state index contributed by atoms with van der Waals surface area (Å²) in [4.78, 5) is 12.2. The van der Waals surface area contributed by atoms with Crippen LogP contribution in [0.4, 0.5) is 5.69 Å². The highest BCUT2D eigenvalue weighted by molar-refractivity contribution is 6.01. The van der Waals surface area contributed by atoms with Crippen molar-refractivity contribution in [3.8, 4) is 5.75 Å². The van der Waals surface area contributed by atoms with E-state index in [4.69, 9.17) is 9.47 Å². The van der Waals surface area contributed by atoms with Crippen molar-refractivity contribution in [3.63, 3.8) is 0 Å². The van der Waals surface area contributed by atoms with Gasteiger partial charge in [-0.05, 0) is 42.7 Å². The van der Waals surface area contributed by atoms with E-state index in [1.54, 1.807) is 0 Å². The molecule has 0 unspecified atom stereocenters. The Morgan fingerprint density at radius 3 is 2.71 bits per heavy atom. The molecule has 2 aromatic carbocycles. The number of nitrogens with one attached hydrogen (secondary N) is 2. The van der Waals surface area contributed by atoms with Gasteiger partial charge in [-0.2, -0.15) is 0 Å². The molecule has 0 bridgehead atoms. The molecule has 1 saturated heterocycles. The van der Waals surface area contributed by atoms with E-state index in [0.29, 0.717) is 12.2 Å². The molecule has 0 spiro atoms. The molecule has 2 N–H and O–H groups in total. The Balaban J connectivity index is 1.42. The van der Waals surface area contributed by atoms with Crippen molar-refractivity contribution in [2.24, 2.45) is 0 Å². The number of carbonyl (C=O) groups is 1. The Labute approximate surface area is 141 Å². The van der Waals surface area contributed by atoms with Gasteiger partial charge in [-0.1, -0.05) is 24.3 Å². The van der Waals surface area contributed by atoms with Gasteiger partial charge in [0.15, 0.2) is 0 Å². The SMILES string of the molecule is O=C1N[C@@H](c2ccc(OC[C@H]3CCCO3)cc2)Nc2ccccc21. The topological polar surface area (TPSA) is 59.6 Å². The maximum atomic E-state index is 12.2. The Morgan fingerprint density at radius 2 is 1.92 bits per heavy atom. The van der Waals surface area contributed by atoms with E-state index >= 15 is 0 Å². The van der Waals surface area contributed by atoms with Crippen LogP contribution in [-0.4, -0.2) is 25.2 Å². The smallest absolute Gasteiger partial charge is 0.255 e. The number of para-hydroxylation sites is 1. The normalized spacial score (nSPS) is 22.4. The molecule has 2 aromatic rings. The highest BCUT2D eigenvalue weighted by Crippen LogP contribution is 2.27. The van der Waals surface area contributed by atoms with Crippen LogP contribution in [0.15, 0.2) is 48.5 Å². The number of hydrogen-bond acceptors (Lipinski definition) is 4. The lowest BCUT2D eigenvalue weighted by Gasteiger charge is -2.28. The molecule has 2 heterocycles. The van der Waals surface area contributed by atoms with E-state index in [0.717, 1.165) is 36.4 Å². The van der Waals surface area contributed by atoms with Crippen LogP contribution < -0.4 is 15.4 Å². The zero-order valence-electron chi connectivity index (χ0n) is 13.3. The largest absolute Gasteiger partial charge is 0.491 e. The van der Waals surface area contributed by atoms with Gasteiger partial charge in [0.2, 0.25) is 0 Å². The summed E-state index contributed by atoms with van der Waals surface area (Å²) >= 11 is 0. The van der Waals surface area contributed by atoms with Crippen LogP contribution in [0, 0.1) is 0 Å². The number of ether oxygens (including phenoxy) is 2. The van der Waals surface area contributed by atoms with Crippen LogP contribution in [0.3, 0.4) is 0 Å². The first-order valence-electron chi connectivity index (χ1n) is 8.30. The lowest BCUT2D eigenvalue weighted by atomic mass is 10.1. The fourth-order valence-corrected chi connectivity index (χ4v) is 3.10. The van der Waals surface area contributed by atoms with Crippen LogP contribution in [0.5, 0.6) is 5.75 Å². The van der Waals surface area contributed by atoms with Crippen molar-refractivity contribution in [1.29, 1.82) is 0 Å². The zero-order chi connectivity index (χ0) is 16.4. The van der Waals surface area contributed by atoms with Gasteiger partial charge in [-0.15, -0.1) is 0 Å². The van der Waals surface area contributed by atoms with Crippen molar-refractivity contribution in [3.05, 3.63) is 59.7 Å². The molecule has 5 heteroatoms. The Bertz CT molecular complexity index is 724. The molecule has 1 amide bonds. The van der Waals surface area contributed by atoms with E-state index in [2.05, 4.69) is 10.6 Å². The lowest BCUT2D eigenvalue weighted by molar-refractivity contribution is 0.0679. The zero-order valence-corrected chi connectivity index (χ0v) is 13.3. The molecule has 2 aliphatic rings. The summed E-state index contributed by atoms with van der Waals surface area (Å²) in [5.41, 5.74) is 2.51. The third-order valence-electron chi connectivity index (χ3n) is 4.42. The predicted octanol–water partition coefficient (Wildman–Crippen LogP) is 3.10. The summed E-state index contributed by atoms with van der Waals surface area (Å²) in [5.74, 6) is 0.754. The van der Waals surface area contributed by atoms with Gasteiger partial charge in [0.05, 0.1) is 11.7 Å². The Hall–Kier alpha value is -2.53. The molecule has 5 nitrogen and oxygen atoms in total. The summed E-state index contributed by atoms with van der Waals surface area (Å²) in [5, 5.41) is 6.32. The molecule has 124 valence electrons. The first kappa shape index (κ1) is 15.0.